The molecule has 1 N–H and O–H groups in total. The molecular weight excluding hydrogens is 188 g/mol. The fraction of sp³-hybridized carbons (Fsp3) is 0.417. The summed E-state index contributed by atoms with van der Waals surface area (Å²) in [7, 11) is 3.51. The molecule has 1 aromatic rings. The van der Waals surface area contributed by atoms with Crippen molar-refractivity contribution in [2.45, 2.75) is 13.8 Å². The van der Waals surface area contributed by atoms with Gasteiger partial charge in [0.2, 0.25) is 5.91 Å². The lowest BCUT2D eigenvalue weighted by Gasteiger charge is -2.12. The Balaban J connectivity index is 2.61. The van der Waals surface area contributed by atoms with Gasteiger partial charge in [0.1, 0.15) is 0 Å². The molecule has 0 radical (unpaired) electrons. The van der Waals surface area contributed by atoms with E-state index >= 15 is 0 Å². The van der Waals surface area contributed by atoms with Crippen LogP contribution in [0, 0.1) is 13.8 Å². The lowest BCUT2D eigenvalue weighted by atomic mass is 10.1. The van der Waals surface area contributed by atoms with Crippen LogP contribution in [0.1, 0.15) is 11.1 Å². The first-order valence-electron chi connectivity index (χ1n) is 5.01. The van der Waals surface area contributed by atoms with Gasteiger partial charge in [0.05, 0.1) is 6.54 Å². The minimum atomic E-state index is 0.0779. The topological polar surface area (TPSA) is 32.3 Å². The van der Waals surface area contributed by atoms with Crippen LogP contribution in [0.25, 0.3) is 0 Å². The van der Waals surface area contributed by atoms with Crippen LogP contribution in [0.3, 0.4) is 0 Å². The number of carbonyl (C=O) groups is 1. The van der Waals surface area contributed by atoms with Gasteiger partial charge in [0.15, 0.2) is 0 Å². The molecule has 1 aromatic carbocycles. The summed E-state index contributed by atoms with van der Waals surface area (Å²) >= 11 is 0. The van der Waals surface area contributed by atoms with Crippen molar-refractivity contribution in [3.8, 4) is 0 Å². The number of aryl methyl sites for hydroxylation is 2. The largest absolute Gasteiger partial charge is 0.376 e. The molecule has 0 saturated heterocycles. The molecule has 0 aliphatic heterocycles. The number of rotatable bonds is 3. The maximum Gasteiger partial charge on any atom is 0.241 e. The van der Waals surface area contributed by atoms with Gasteiger partial charge < -0.3 is 10.2 Å². The molecule has 0 heterocycles. The highest BCUT2D eigenvalue weighted by atomic mass is 16.2. The number of carbonyl (C=O) groups excluding carboxylic acids is 1. The average Bonchev–Trinajstić information content (AvgIpc) is 2.12. The quantitative estimate of drug-likeness (QED) is 0.818. The minimum Gasteiger partial charge on any atom is -0.376 e. The molecular formula is C12H18N2O. The average molecular weight is 206 g/mol. The number of nitrogens with one attached hydrogen (secondary N) is 1. The van der Waals surface area contributed by atoms with Crippen LogP contribution in [0.5, 0.6) is 0 Å². The first-order chi connectivity index (χ1) is 6.99. The third-order valence-electron chi connectivity index (χ3n) is 2.16. The van der Waals surface area contributed by atoms with Crippen molar-refractivity contribution in [1.82, 2.24) is 4.90 Å². The molecule has 0 spiro atoms. The van der Waals surface area contributed by atoms with Crippen LogP contribution in [-0.4, -0.2) is 31.4 Å². The van der Waals surface area contributed by atoms with Gasteiger partial charge in [-0.15, -0.1) is 0 Å². The summed E-state index contributed by atoms with van der Waals surface area (Å²) in [5, 5.41) is 3.12. The molecule has 3 nitrogen and oxygen atoms in total. The monoisotopic (exact) mass is 206 g/mol. The van der Waals surface area contributed by atoms with Gasteiger partial charge in [-0.2, -0.15) is 0 Å². The molecule has 1 amide bonds. The number of likely N-dealkylation sites (N-methyl/N-ethyl adjacent to an activating group) is 1. The molecule has 0 aliphatic rings. The van der Waals surface area contributed by atoms with Crippen LogP contribution in [0.2, 0.25) is 0 Å². The molecule has 0 aliphatic carbocycles. The van der Waals surface area contributed by atoms with Crippen molar-refractivity contribution in [2.24, 2.45) is 0 Å². The molecule has 3 heteroatoms. The summed E-state index contributed by atoms with van der Waals surface area (Å²) in [4.78, 5) is 12.9. The van der Waals surface area contributed by atoms with Crippen molar-refractivity contribution in [3.63, 3.8) is 0 Å². The smallest absolute Gasteiger partial charge is 0.241 e. The maximum absolute atomic E-state index is 11.3. The highest BCUT2D eigenvalue weighted by Crippen LogP contribution is 2.13. The van der Waals surface area contributed by atoms with Crippen molar-refractivity contribution in [2.75, 3.05) is 26.0 Å². The van der Waals surface area contributed by atoms with Crippen LogP contribution in [-0.2, 0) is 4.79 Å². The van der Waals surface area contributed by atoms with E-state index in [-0.39, 0.29) is 5.91 Å². The van der Waals surface area contributed by atoms with Gasteiger partial charge in [-0.3, -0.25) is 4.79 Å². The molecule has 0 saturated carbocycles. The van der Waals surface area contributed by atoms with E-state index in [4.69, 9.17) is 0 Å². The van der Waals surface area contributed by atoms with Crippen LogP contribution in [0.15, 0.2) is 18.2 Å². The third-order valence-corrected chi connectivity index (χ3v) is 2.16. The summed E-state index contributed by atoms with van der Waals surface area (Å²) in [5.41, 5.74) is 3.41. The minimum absolute atomic E-state index is 0.0779. The van der Waals surface area contributed by atoms with Crippen molar-refractivity contribution in [1.29, 1.82) is 0 Å². The van der Waals surface area contributed by atoms with E-state index in [1.54, 1.807) is 19.0 Å². The number of hydrogen-bond donors (Lipinski definition) is 1. The molecule has 0 fully saturated rings. The highest BCUT2D eigenvalue weighted by molar-refractivity contribution is 5.80. The van der Waals surface area contributed by atoms with E-state index in [0.717, 1.165) is 5.69 Å². The van der Waals surface area contributed by atoms with E-state index in [1.807, 2.05) is 26.0 Å². The van der Waals surface area contributed by atoms with E-state index in [0.29, 0.717) is 6.54 Å². The Morgan fingerprint density at radius 3 is 2.20 bits per heavy atom. The summed E-state index contributed by atoms with van der Waals surface area (Å²) in [5.74, 6) is 0.0779. The zero-order valence-electron chi connectivity index (χ0n) is 9.79. The van der Waals surface area contributed by atoms with E-state index in [2.05, 4.69) is 11.4 Å². The SMILES string of the molecule is Cc1cc(C)cc(NCC(=O)N(C)C)c1. The Morgan fingerprint density at radius 2 is 1.73 bits per heavy atom. The Hall–Kier alpha value is -1.51. The predicted molar refractivity (Wildman–Crippen MR) is 63.1 cm³/mol. The van der Waals surface area contributed by atoms with Gasteiger partial charge in [0.25, 0.3) is 0 Å². The summed E-state index contributed by atoms with van der Waals surface area (Å²) in [6.45, 7) is 4.44. The van der Waals surface area contributed by atoms with Crippen LogP contribution in [0.4, 0.5) is 5.69 Å². The fourth-order valence-electron chi connectivity index (χ4n) is 1.41. The normalized spacial score (nSPS) is 9.87. The molecule has 0 unspecified atom stereocenters. The summed E-state index contributed by atoms with van der Waals surface area (Å²) in [6.07, 6.45) is 0. The fourth-order valence-corrected chi connectivity index (χ4v) is 1.41. The number of nitrogens with zero attached hydrogens (tertiary/aromatic N) is 1. The first-order valence-corrected chi connectivity index (χ1v) is 5.01. The zero-order chi connectivity index (χ0) is 11.4. The van der Waals surface area contributed by atoms with Gasteiger partial charge in [-0.05, 0) is 37.1 Å². The third kappa shape index (κ3) is 3.62. The van der Waals surface area contributed by atoms with Gasteiger partial charge >= 0.3 is 0 Å². The van der Waals surface area contributed by atoms with Crippen LogP contribution >= 0.6 is 0 Å². The van der Waals surface area contributed by atoms with E-state index < -0.39 is 0 Å². The number of benzene rings is 1. The zero-order valence-corrected chi connectivity index (χ0v) is 9.79. The lowest BCUT2D eigenvalue weighted by Crippen LogP contribution is -2.28. The number of anilines is 1. The standard InChI is InChI=1S/C12H18N2O/c1-9-5-10(2)7-11(6-9)13-8-12(15)14(3)4/h5-7,13H,8H2,1-4H3. The number of amides is 1. The Bertz CT molecular complexity index is 338. The molecule has 1 rings (SSSR count). The summed E-state index contributed by atoms with van der Waals surface area (Å²) < 4.78 is 0. The van der Waals surface area contributed by atoms with E-state index in [9.17, 15) is 4.79 Å². The van der Waals surface area contributed by atoms with Gasteiger partial charge in [0, 0.05) is 19.8 Å². The Kier molecular flexibility index (Phi) is 3.72. The van der Waals surface area contributed by atoms with Gasteiger partial charge in [-0.1, -0.05) is 6.07 Å². The molecule has 0 atom stereocenters. The Morgan fingerprint density at radius 1 is 1.20 bits per heavy atom. The molecule has 0 aromatic heterocycles. The second-order valence-electron chi connectivity index (χ2n) is 4.02. The predicted octanol–water partition coefficient (Wildman–Crippen LogP) is 1.80. The lowest BCUT2D eigenvalue weighted by molar-refractivity contribution is -0.126. The molecule has 0 bridgehead atoms. The molecule has 15 heavy (non-hydrogen) atoms. The van der Waals surface area contributed by atoms with Crippen molar-refractivity contribution in [3.05, 3.63) is 29.3 Å². The Labute approximate surface area is 91.1 Å². The maximum atomic E-state index is 11.3. The van der Waals surface area contributed by atoms with Gasteiger partial charge in [-0.25, -0.2) is 0 Å². The summed E-state index contributed by atoms with van der Waals surface area (Å²) in [6, 6.07) is 6.19. The molecule has 82 valence electrons. The van der Waals surface area contributed by atoms with E-state index in [1.165, 1.54) is 11.1 Å². The van der Waals surface area contributed by atoms with Crippen molar-refractivity contribution < 1.29 is 4.79 Å². The number of hydrogen-bond acceptors (Lipinski definition) is 2. The second kappa shape index (κ2) is 4.82. The van der Waals surface area contributed by atoms with Crippen LogP contribution < -0.4 is 5.32 Å². The second-order valence-corrected chi connectivity index (χ2v) is 4.02. The first kappa shape index (κ1) is 11.6. The highest BCUT2D eigenvalue weighted by Gasteiger charge is 2.03. The van der Waals surface area contributed by atoms with Crippen molar-refractivity contribution >= 4 is 11.6 Å².